The zero-order valence-electron chi connectivity index (χ0n) is 77.8. The van der Waals surface area contributed by atoms with E-state index in [1.807, 2.05) is 0 Å². The van der Waals surface area contributed by atoms with Gasteiger partial charge in [0.15, 0.2) is 0 Å². The Morgan fingerprint density at radius 3 is 0.583 bits per heavy atom. The lowest BCUT2D eigenvalue weighted by Gasteiger charge is -2.44. The molecule has 0 spiro atoms. The number of nitrogens with zero attached hydrogens (tertiary/aromatic N) is 6. The number of hydrogen-bond acceptors (Lipinski definition) is 6. The van der Waals surface area contributed by atoms with Gasteiger partial charge in [-0.3, -0.25) is 0 Å². The first-order valence-electron chi connectivity index (χ1n) is 48.4. The van der Waals surface area contributed by atoms with Crippen LogP contribution >= 0.6 is 0 Å². The van der Waals surface area contributed by atoms with E-state index in [1.54, 1.807) is 0 Å². The van der Waals surface area contributed by atoms with Crippen molar-refractivity contribution in [2.24, 2.45) is 0 Å². The summed E-state index contributed by atoms with van der Waals surface area (Å²) in [6.45, 7) is 9.00. The van der Waals surface area contributed by atoms with Crippen molar-refractivity contribution in [3.63, 3.8) is 0 Å². The molecule has 6 nitrogen and oxygen atoms in total. The molecule has 6 aliphatic rings. The van der Waals surface area contributed by atoms with Crippen LogP contribution in [0, 0.1) is 27.7 Å². The molecule has 6 aliphatic heterocycles. The molecule has 0 amide bonds. The van der Waals surface area contributed by atoms with Crippen LogP contribution < -0.4 is 78.6 Å². The van der Waals surface area contributed by atoms with Crippen LogP contribution in [0.15, 0.2) is 504 Å². The molecule has 21 aromatic rings. The molecule has 21 aromatic carbocycles. The van der Waals surface area contributed by atoms with Crippen LogP contribution in [-0.4, -0.2) is 20.1 Å². The minimum atomic E-state index is 0.00760. The summed E-state index contributed by atoms with van der Waals surface area (Å²) in [6, 6.07) is 184. The molecular weight excluding hydrogens is 1680 g/mol. The standard InChI is InChI=1S/C54H37BN2.C42H29BN2.C34H29BN2/c1-5-14-38(15-6-1)42-24-30-46(31-25-42)56-50-34-28-44(40-18-9-3-10-19-40)36-48(50)55-49-37-45(41-20-11-4-12-21-41)29-35-51(49)57(53-23-13-22-52(56)54(53)55)47-32-26-43(27-33-47)39-16-7-2-8-17-39;1-4-13-30(14-5-1)32-23-26-35(27-24-32)45-39-28-25-33(31-15-6-2-7-16-31)29-37(39)43-36-19-10-11-20-38(36)44(34-17-8-3-9-18-34)40-21-12-22-41(45)42(40)43;1-22-8-14-26(15-9-22)36-30-18-12-24(3)20-28(30)35-29-21-25(4)13-19-31(29)37(27-16-10-23(2)11-17-27)33-7-5-6-32(36)34(33)35/h1-37H;1-29H;5-21H,1-4H3. The van der Waals surface area contributed by atoms with Gasteiger partial charge in [0.25, 0.3) is 20.1 Å². The number of fused-ring (bicyclic) bond motifs is 12. The molecule has 27 rings (SSSR count). The molecule has 0 aromatic heterocycles. The fourth-order valence-electron chi connectivity index (χ4n) is 22.4. The van der Waals surface area contributed by atoms with Crippen LogP contribution in [0.1, 0.15) is 22.3 Å². The fourth-order valence-corrected chi connectivity index (χ4v) is 22.4. The van der Waals surface area contributed by atoms with Crippen molar-refractivity contribution >= 4 is 172 Å². The van der Waals surface area contributed by atoms with Crippen molar-refractivity contribution in [1.29, 1.82) is 0 Å². The minimum Gasteiger partial charge on any atom is -0.311 e. The van der Waals surface area contributed by atoms with Gasteiger partial charge in [0.2, 0.25) is 0 Å². The van der Waals surface area contributed by atoms with E-state index >= 15 is 0 Å². The van der Waals surface area contributed by atoms with E-state index in [2.05, 4.69) is 561 Å². The van der Waals surface area contributed by atoms with Crippen LogP contribution in [0.25, 0.3) is 66.8 Å². The second-order valence-corrected chi connectivity index (χ2v) is 37.3. The Morgan fingerprint density at radius 2 is 0.302 bits per heavy atom. The maximum absolute atomic E-state index is 2.48. The molecule has 0 aliphatic carbocycles. The molecule has 0 unspecified atom stereocenters. The Labute approximate surface area is 815 Å². The van der Waals surface area contributed by atoms with Gasteiger partial charge < -0.3 is 29.4 Å². The molecule has 0 atom stereocenters. The van der Waals surface area contributed by atoms with E-state index in [0.29, 0.717) is 0 Å². The molecule has 0 saturated carbocycles. The number of benzene rings is 21. The van der Waals surface area contributed by atoms with Crippen molar-refractivity contribution in [1.82, 2.24) is 0 Å². The van der Waals surface area contributed by atoms with Crippen LogP contribution in [-0.2, 0) is 0 Å². The molecule has 0 radical (unpaired) electrons. The highest BCUT2D eigenvalue weighted by atomic mass is 15.2. The van der Waals surface area contributed by atoms with Gasteiger partial charge in [-0.25, -0.2) is 0 Å². The van der Waals surface area contributed by atoms with Gasteiger partial charge in [-0.15, -0.1) is 0 Å². The predicted molar refractivity (Wildman–Crippen MR) is 593 cm³/mol. The summed E-state index contributed by atoms with van der Waals surface area (Å²) < 4.78 is 0. The maximum atomic E-state index is 2.48. The molecule has 9 heteroatoms. The Kier molecular flexibility index (Phi) is 21.1. The van der Waals surface area contributed by atoms with E-state index in [0.717, 1.165) is 17.1 Å². The average Bonchev–Trinajstić information content (AvgIpc) is 0.708. The monoisotopic (exact) mass is 1770 g/mol. The second-order valence-electron chi connectivity index (χ2n) is 37.3. The van der Waals surface area contributed by atoms with E-state index in [9.17, 15) is 0 Å². The van der Waals surface area contributed by atoms with Crippen molar-refractivity contribution < 1.29 is 0 Å². The molecule has 139 heavy (non-hydrogen) atoms. The van der Waals surface area contributed by atoms with Crippen molar-refractivity contribution in [3.8, 4) is 66.8 Å². The minimum absolute atomic E-state index is 0.00760. The summed E-state index contributed by atoms with van der Waals surface area (Å²) >= 11 is 0. The molecule has 6 heterocycles. The lowest BCUT2D eigenvalue weighted by Crippen LogP contribution is -2.61. The fraction of sp³-hybridized carbons (Fsp3) is 0.0308. The Balaban J connectivity index is 0.000000113. The average molecular weight is 1770 g/mol. The third kappa shape index (κ3) is 14.8. The van der Waals surface area contributed by atoms with Crippen LogP contribution in [0.3, 0.4) is 0 Å². The number of aryl methyl sites for hydroxylation is 4. The Bertz CT molecular complexity index is 7900. The number of hydrogen-bond donors (Lipinski definition) is 0. The number of anilines is 18. The molecule has 0 fully saturated rings. The van der Waals surface area contributed by atoms with Gasteiger partial charge in [-0.2, -0.15) is 0 Å². The lowest BCUT2D eigenvalue weighted by molar-refractivity contribution is 1.24. The molecule has 0 bridgehead atoms. The first-order chi connectivity index (χ1) is 68.6. The lowest BCUT2D eigenvalue weighted by atomic mass is 9.33. The third-order valence-electron chi connectivity index (χ3n) is 28.8. The molecule has 654 valence electrons. The number of rotatable bonds is 12. The first-order valence-corrected chi connectivity index (χ1v) is 48.4. The van der Waals surface area contributed by atoms with Gasteiger partial charge in [0.1, 0.15) is 0 Å². The second kappa shape index (κ2) is 35.1. The zero-order valence-corrected chi connectivity index (χ0v) is 77.8. The summed E-state index contributed by atoms with van der Waals surface area (Å²) in [7, 11) is 0. The van der Waals surface area contributed by atoms with Crippen molar-refractivity contribution in [2.75, 3.05) is 29.4 Å². The van der Waals surface area contributed by atoms with E-state index in [1.165, 1.54) is 223 Å². The molecule has 0 N–H and O–H groups in total. The van der Waals surface area contributed by atoms with E-state index < -0.39 is 0 Å². The Morgan fingerprint density at radius 1 is 0.122 bits per heavy atom. The van der Waals surface area contributed by atoms with Gasteiger partial charge >= 0.3 is 0 Å². The third-order valence-corrected chi connectivity index (χ3v) is 28.8. The summed E-state index contributed by atoms with van der Waals surface area (Å²) in [5, 5.41) is 0. The van der Waals surface area contributed by atoms with Gasteiger partial charge in [0, 0.05) is 102 Å². The quantitative estimate of drug-likeness (QED) is 0.113. The van der Waals surface area contributed by atoms with Gasteiger partial charge in [0.05, 0.1) is 0 Å². The summed E-state index contributed by atoms with van der Waals surface area (Å²) in [5.41, 5.74) is 53.5. The van der Waals surface area contributed by atoms with Crippen LogP contribution in [0.4, 0.5) is 102 Å². The molecular formula is C130H95B3N6. The zero-order chi connectivity index (χ0) is 92.7. The normalized spacial score (nSPS) is 12.8. The van der Waals surface area contributed by atoms with E-state index in [4.69, 9.17) is 0 Å². The summed E-state index contributed by atoms with van der Waals surface area (Å²) in [5.74, 6) is 0. The smallest absolute Gasteiger partial charge is 0.252 e. The van der Waals surface area contributed by atoms with E-state index in [-0.39, 0.29) is 20.1 Å². The maximum Gasteiger partial charge on any atom is 0.252 e. The Hall–Kier alpha value is -17.4. The topological polar surface area (TPSA) is 19.4 Å². The highest BCUT2D eigenvalue weighted by Crippen LogP contribution is 2.51. The van der Waals surface area contributed by atoms with Crippen LogP contribution in [0.2, 0.25) is 0 Å². The highest BCUT2D eigenvalue weighted by molar-refractivity contribution is 7.02. The largest absolute Gasteiger partial charge is 0.311 e. The first kappa shape index (κ1) is 83.4. The molecule has 0 saturated heterocycles. The van der Waals surface area contributed by atoms with Gasteiger partial charge in [-0.1, -0.05) is 380 Å². The summed E-state index contributed by atoms with van der Waals surface area (Å²) in [4.78, 5) is 14.8. The van der Waals surface area contributed by atoms with Crippen molar-refractivity contribution in [3.05, 3.63) is 526 Å². The SMILES string of the molecule is Cc1ccc(N2c3ccc(C)cc3B3c4cc(C)ccc4N(c4ccc(C)cc4)c4cccc2c43)cc1.c1ccc(-c2ccc(N3c4ccc(-c5ccccc5)cc4B4c5cc(-c6ccccc6)ccc5N(c5ccc(-c6ccccc6)cc5)c5cccc3c54)cc2)cc1.c1ccc(-c2ccc(N3c4ccc(-c5ccccc5)cc4B4c5ccccc5N(c5ccccc5)c5cccc3c54)cc2)cc1. The predicted octanol–water partition coefficient (Wildman–Crippen LogP) is 28.5. The van der Waals surface area contributed by atoms with Gasteiger partial charge in [-0.05, 0) is 289 Å². The van der Waals surface area contributed by atoms with Crippen molar-refractivity contribution in [2.45, 2.75) is 27.7 Å². The van der Waals surface area contributed by atoms with Crippen LogP contribution in [0.5, 0.6) is 0 Å². The highest BCUT2D eigenvalue weighted by Gasteiger charge is 2.48. The number of para-hydroxylation sites is 2. The summed E-state index contributed by atoms with van der Waals surface area (Å²) in [6.07, 6.45) is 0.